The lowest BCUT2D eigenvalue weighted by atomic mass is 9.92. The number of rotatable bonds is 3. The Morgan fingerprint density at radius 1 is 1.28 bits per heavy atom. The second kappa shape index (κ2) is 6.13. The zero-order chi connectivity index (χ0) is 18.4. The molecule has 2 aromatic heterocycles. The van der Waals surface area contributed by atoms with E-state index in [1.54, 1.807) is 30.9 Å². The Hall–Kier alpha value is -2.44. The molecule has 2 aromatic rings. The number of aromatic nitrogens is 3. The van der Waals surface area contributed by atoms with Crippen LogP contribution in [0.25, 0.3) is 0 Å². The minimum Gasteiger partial charge on any atom is -0.361 e. The summed E-state index contributed by atoms with van der Waals surface area (Å²) in [4.78, 5) is 26.3. The molecule has 7 heteroatoms. The van der Waals surface area contributed by atoms with Crippen molar-refractivity contribution in [2.24, 2.45) is 5.92 Å². The molecule has 1 fully saturated rings. The lowest BCUT2D eigenvalue weighted by molar-refractivity contribution is 0.0455. The second-order valence-corrected chi connectivity index (χ2v) is 7.76. The third-order valence-electron chi connectivity index (χ3n) is 4.56. The van der Waals surface area contributed by atoms with Crippen molar-refractivity contribution in [3.63, 3.8) is 0 Å². The van der Waals surface area contributed by atoms with Crippen LogP contribution in [0.5, 0.6) is 0 Å². The number of nitrogens with zero attached hydrogens (tertiary/aromatic N) is 4. The zero-order valence-corrected chi connectivity index (χ0v) is 15.4. The van der Waals surface area contributed by atoms with E-state index in [1.165, 1.54) is 4.68 Å². The first-order valence-electron chi connectivity index (χ1n) is 8.47. The molecule has 0 aromatic carbocycles. The SMILES string of the molecule is Cc1noc(C)c1C(=O)N1CC(Cn2nc(C(C)(C)C)ccc2=O)C1. The largest absolute Gasteiger partial charge is 0.361 e. The molecule has 7 nitrogen and oxygen atoms in total. The van der Waals surface area contributed by atoms with Crippen LogP contribution in [0.15, 0.2) is 21.5 Å². The summed E-state index contributed by atoms with van der Waals surface area (Å²) >= 11 is 0. The highest BCUT2D eigenvalue weighted by Crippen LogP contribution is 2.23. The molecule has 0 N–H and O–H groups in total. The van der Waals surface area contributed by atoms with Gasteiger partial charge in [-0.15, -0.1) is 0 Å². The Balaban J connectivity index is 1.67. The fourth-order valence-electron chi connectivity index (χ4n) is 3.02. The lowest BCUT2D eigenvalue weighted by Gasteiger charge is -2.39. The summed E-state index contributed by atoms with van der Waals surface area (Å²) in [6.45, 7) is 11.4. The van der Waals surface area contributed by atoms with Crippen molar-refractivity contribution in [2.45, 2.75) is 46.6 Å². The summed E-state index contributed by atoms with van der Waals surface area (Å²) in [7, 11) is 0. The molecule has 0 atom stereocenters. The number of likely N-dealkylation sites (tertiary alicyclic amines) is 1. The maximum absolute atomic E-state index is 12.5. The number of aryl methyl sites for hydroxylation is 2. The molecule has 1 amide bonds. The van der Waals surface area contributed by atoms with Gasteiger partial charge in [-0.2, -0.15) is 5.10 Å². The van der Waals surface area contributed by atoms with Crippen molar-refractivity contribution in [3.8, 4) is 0 Å². The molecule has 134 valence electrons. The van der Waals surface area contributed by atoms with Crippen LogP contribution >= 0.6 is 0 Å². The minimum absolute atomic E-state index is 0.0590. The smallest absolute Gasteiger partial charge is 0.266 e. The van der Waals surface area contributed by atoms with Crippen molar-refractivity contribution in [1.29, 1.82) is 0 Å². The third-order valence-corrected chi connectivity index (χ3v) is 4.56. The summed E-state index contributed by atoms with van der Waals surface area (Å²) in [6.07, 6.45) is 0. The molecular formula is C18H24N4O3. The Labute approximate surface area is 146 Å². The summed E-state index contributed by atoms with van der Waals surface area (Å²) in [5, 5.41) is 8.32. The van der Waals surface area contributed by atoms with Gasteiger partial charge in [-0.3, -0.25) is 9.59 Å². The molecule has 1 aliphatic heterocycles. The van der Waals surface area contributed by atoms with Gasteiger partial charge in [0.2, 0.25) is 0 Å². The molecule has 0 aliphatic carbocycles. The van der Waals surface area contributed by atoms with Crippen molar-refractivity contribution in [3.05, 3.63) is 45.2 Å². The zero-order valence-electron chi connectivity index (χ0n) is 15.4. The number of carbonyl (C=O) groups excluding carboxylic acids is 1. The highest BCUT2D eigenvalue weighted by atomic mass is 16.5. The molecule has 1 saturated heterocycles. The van der Waals surface area contributed by atoms with Gasteiger partial charge in [0.1, 0.15) is 11.3 Å². The molecule has 0 spiro atoms. The Kier molecular flexibility index (Phi) is 4.26. The standard InChI is InChI=1S/C18H24N4O3/c1-11-16(12(2)25-20-11)17(24)21-8-13(9-21)10-22-15(23)7-6-14(19-22)18(3,4)5/h6-7,13H,8-10H2,1-5H3. The van der Waals surface area contributed by atoms with Crippen molar-refractivity contribution >= 4 is 5.91 Å². The maximum Gasteiger partial charge on any atom is 0.266 e. The van der Waals surface area contributed by atoms with E-state index in [4.69, 9.17) is 4.52 Å². The van der Waals surface area contributed by atoms with Crippen LogP contribution in [-0.2, 0) is 12.0 Å². The van der Waals surface area contributed by atoms with Gasteiger partial charge in [-0.25, -0.2) is 4.68 Å². The third kappa shape index (κ3) is 3.36. The lowest BCUT2D eigenvalue weighted by Crippen LogP contribution is -2.52. The molecule has 1 aliphatic rings. The average Bonchev–Trinajstić information content (AvgIpc) is 2.81. The van der Waals surface area contributed by atoms with Crippen molar-refractivity contribution in [2.75, 3.05) is 13.1 Å². The van der Waals surface area contributed by atoms with Crippen LogP contribution in [0, 0.1) is 19.8 Å². The first-order valence-corrected chi connectivity index (χ1v) is 8.47. The van der Waals surface area contributed by atoms with Crippen molar-refractivity contribution in [1.82, 2.24) is 19.8 Å². The summed E-state index contributed by atoms with van der Waals surface area (Å²) in [5.74, 6) is 0.711. The average molecular weight is 344 g/mol. The van der Waals surface area contributed by atoms with E-state index in [2.05, 4.69) is 31.0 Å². The fraction of sp³-hybridized carbons (Fsp3) is 0.556. The van der Waals surface area contributed by atoms with Crippen LogP contribution in [0.3, 0.4) is 0 Å². The quantitative estimate of drug-likeness (QED) is 0.850. The highest BCUT2D eigenvalue weighted by molar-refractivity contribution is 5.96. The van der Waals surface area contributed by atoms with Gasteiger partial charge in [0, 0.05) is 30.5 Å². The van der Waals surface area contributed by atoms with E-state index < -0.39 is 0 Å². The van der Waals surface area contributed by atoms with Gasteiger partial charge in [-0.05, 0) is 19.9 Å². The van der Waals surface area contributed by atoms with E-state index in [-0.39, 0.29) is 22.8 Å². The predicted octanol–water partition coefficient (Wildman–Crippen LogP) is 1.92. The normalized spacial score (nSPS) is 15.3. The summed E-state index contributed by atoms with van der Waals surface area (Å²) < 4.78 is 6.58. The van der Waals surface area contributed by atoms with Gasteiger partial charge in [0.25, 0.3) is 11.5 Å². The minimum atomic E-state index is -0.111. The Bertz CT molecular complexity index is 834. The fourth-order valence-corrected chi connectivity index (χ4v) is 3.02. The summed E-state index contributed by atoms with van der Waals surface area (Å²) in [5.41, 5.74) is 1.82. The van der Waals surface area contributed by atoms with Crippen LogP contribution < -0.4 is 5.56 Å². The summed E-state index contributed by atoms with van der Waals surface area (Å²) in [6, 6.07) is 3.35. The molecule has 0 radical (unpaired) electrons. The maximum atomic E-state index is 12.5. The second-order valence-electron chi connectivity index (χ2n) is 7.76. The van der Waals surface area contributed by atoms with E-state index in [9.17, 15) is 9.59 Å². The van der Waals surface area contributed by atoms with Crippen LogP contribution in [0.4, 0.5) is 0 Å². The van der Waals surface area contributed by atoms with Gasteiger partial charge in [0.05, 0.1) is 17.9 Å². The molecule has 0 bridgehead atoms. The molecule has 25 heavy (non-hydrogen) atoms. The van der Waals surface area contributed by atoms with E-state index in [0.29, 0.717) is 36.7 Å². The van der Waals surface area contributed by atoms with Gasteiger partial charge >= 0.3 is 0 Å². The van der Waals surface area contributed by atoms with Gasteiger partial charge < -0.3 is 9.42 Å². The monoisotopic (exact) mass is 344 g/mol. The molecule has 3 heterocycles. The van der Waals surface area contributed by atoms with Gasteiger partial charge in [0.15, 0.2) is 0 Å². The number of hydrogen-bond donors (Lipinski definition) is 0. The first-order chi connectivity index (χ1) is 11.7. The predicted molar refractivity (Wildman–Crippen MR) is 92.6 cm³/mol. The Morgan fingerprint density at radius 3 is 2.52 bits per heavy atom. The molecule has 0 unspecified atom stereocenters. The molecule has 3 rings (SSSR count). The van der Waals surface area contributed by atoms with Crippen molar-refractivity contribution < 1.29 is 9.32 Å². The number of amides is 1. The van der Waals surface area contributed by atoms with E-state index in [1.807, 2.05) is 0 Å². The topological polar surface area (TPSA) is 81.2 Å². The van der Waals surface area contributed by atoms with Crippen LogP contribution in [-0.4, -0.2) is 38.8 Å². The van der Waals surface area contributed by atoms with Crippen LogP contribution in [0.2, 0.25) is 0 Å². The molecular weight excluding hydrogens is 320 g/mol. The number of hydrogen-bond acceptors (Lipinski definition) is 5. The van der Waals surface area contributed by atoms with E-state index >= 15 is 0 Å². The van der Waals surface area contributed by atoms with Crippen LogP contribution in [0.1, 0.15) is 48.3 Å². The number of carbonyl (C=O) groups is 1. The van der Waals surface area contributed by atoms with E-state index in [0.717, 1.165) is 5.69 Å². The Morgan fingerprint density at radius 2 is 1.96 bits per heavy atom. The highest BCUT2D eigenvalue weighted by Gasteiger charge is 2.34. The molecule has 0 saturated carbocycles. The first kappa shape index (κ1) is 17.4. The van der Waals surface area contributed by atoms with Gasteiger partial charge in [-0.1, -0.05) is 25.9 Å².